The van der Waals surface area contributed by atoms with E-state index in [-0.39, 0.29) is 11.7 Å². The molecule has 1 aromatic carbocycles. The Morgan fingerprint density at radius 1 is 1.32 bits per heavy atom. The minimum Gasteiger partial charge on any atom is -0.452 e. The SMILES string of the molecule is O=COC(C(=O)C1CCCCNC1)c1ccccc1. The minimum absolute atomic E-state index is 0.00676. The average molecular weight is 261 g/mol. The average Bonchev–Trinajstić information content (AvgIpc) is 2.74. The van der Waals surface area contributed by atoms with Crippen molar-refractivity contribution in [2.24, 2.45) is 5.92 Å². The van der Waals surface area contributed by atoms with Crippen molar-refractivity contribution in [3.63, 3.8) is 0 Å². The van der Waals surface area contributed by atoms with Crippen molar-refractivity contribution in [1.82, 2.24) is 5.32 Å². The molecule has 2 atom stereocenters. The van der Waals surface area contributed by atoms with Crippen LogP contribution in [0.15, 0.2) is 30.3 Å². The van der Waals surface area contributed by atoms with Gasteiger partial charge < -0.3 is 10.1 Å². The molecule has 4 heteroatoms. The molecule has 102 valence electrons. The summed E-state index contributed by atoms with van der Waals surface area (Å²) in [5.41, 5.74) is 0.740. The molecule has 4 nitrogen and oxygen atoms in total. The van der Waals surface area contributed by atoms with Gasteiger partial charge in [0.2, 0.25) is 0 Å². The van der Waals surface area contributed by atoms with Crippen molar-refractivity contribution in [2.75, 3.05) is 13.1 Å². The summed E-state index contributed by atoms with van der Waals surface area (Å²) in [6.45, 7) is 1.98. The predicted octanol–water partition coefficient (Wildman–Crippen LogP) is 1.86. The summed E-state index contributed by atoms with van der Waals surface area (Å²) in [6.07, 6.45) is 2.21. The maximum absolute atomic E-state index is 12.5. The van der Waals surface area contributed by atoms with E-state index in [0.717, 1.165) is 31.4 Å². The normalized spacial score (nSPS) is 21.2. The zero-order valence-corrected chi connectivity index (χ0v) is 10.9. The number of rotatable bonds is 5. The molecule has 0 bridgehead atoms. The molecule has 1 saturated heterocycles. The van der Waals surface area contributed by atoms with E-state index in [1.807, 2.05) is 30.3 Å². The first-order valence-electron chi connectivity index (χ1n) is 6.71. The molecule has 0 radical (unpaired) electrons. The fourth-order valence-corrected chi connectivity index (χ4v) is 2.47. The highest BCUT2D eigenvalue weighted by Crippen LogP contribution is 2.24. The van der Waals surface area contributed by atoms with Gasteiger partial charge in [0.15, 0.2) is 11.9 Å². The number of hydrogen-bond acceptors (Lipinski definition) is 4. The standard InChI is InChI=1S/C15H19NO3/c17-11-19-15(12-6-2-1-3-7-12)14(18)13-8-4-5-9-16-10-13/h1-3,6-7,11,13,15-16H,4-5,8-10H2. The van der Waals surface area contributed by atoms with Crippen LogP contribution >= 0.6 is 0 Å². The first kappa shape index (κ1) is 13.7. The lowest BCUT2D eigenvalue weighted by Crippen LogP contribution is -2.31. The summed E-state index contributed by atoms with van der Waals surface area (Å²) in [5, 5.41) is 3.26. The minimum atomic E-state index is -0.774. The smallest absolute Gasteiger partial charge is 0.294 e. The largest absolute Gasteiger partial charge is 0.452 e. The Kier molecular flexibility index (Phi) is 5.10. The molecule has 0 aromatic heterocycles. The van der Waals surface area contributed by atoms with E-state index in [1.165, 1.54) is 0 Å². The van der Waals surface area contributed by atoms with Crippen LogP contribution < -0.4 is 5.32 Å². The van der Waals surface area contributed by atoms with E-state index in [9.17, 15) is 9.59 Å². The highest BCUT2D eigenvalue weighted by atomic mass is 16.5. The Labute approximate surface area is 113 Å². The number of benzene rings is 1. The van der Waals surface area contributed by atoms with Gasteiger partial charge in [-0.05, 0) is 24.9 Å². The van der Waals surface area contributed by atoms with E-state index >= 15 is 0 Å². The number of hydrogen-bond donors (Lipinski definition) is 1. The predicted molar refractivity (Wildman–Crippen MR) is 71.5 cm³/mol. The molecule has 0 spiro atoms. The van der Waals surface area contributed by atoms with Gasteiger partial charge in [-0.15, -0.1) is 0 Å². The summed E-state index contributed by atoms with van der Waals surface area (Å²) in [7, 11) is 0. The molecule has 1 heterocycles. The third-order valence-corrected chi connectivity index (χ3v) is 3.50. The van der Waals surface area contributed by atoms with Crippen LogP contribution in [0.3, 0.4) is 0 Å². The number of ether oxygens (including phenoxy) is 1. The number of nitrogens with one attached hydrogen (secondary N) is 1. The molecule has 2 unspecified atom stereocenters. The van der Waals surface area contributed by atoms with E-state index < -0.39 is 6.10 Å². The molecular formula is C15H19NO3. The van der Waals surface area contributed by atoms with Gasteiger partial charge in [0.25, 0.3) is 6.47 Å². The van der Waals surface area contributed by atoms with Crippen LogP contribution in [0.5, 0.6) is 0 Å². The van der Waals surface area contributed by atoms with E-state index in [2.05, 4.69) is 5.32 Å². The third kappa shape index (κ3) is 3.64. The number of carbonyl (C=O) groups is 2. The molecule has 1 fully saturated rings. The Hall–Kier alpha value is -1.68. The monoisotopic (exact) mass is 261 g/mol. The number of Topliss-reactive ketones (excluding diaryl/α,β-unsaturated/α-hetero) is 1. The van der Waals surface area contributed by atoms with Crippen molar-refractivity contribution >= 4 is 12.3 Å². The lowest BCUT2D eigenvalue weighted by molar-refractivity contribution is -0.146. The van der Waals surface area contributed by atoms with Crippen LogP contribution in [0.25, 0.3) is 0 Å². The summed E-state index contributed by atoms with van der Waals surface area (Å²) in [4.78, 5) is 23.2. The van der Waals surface area contributed by atoms with Gasteiger partial charge in [0.05, 0.1) is 0 Å². The molecule has 0 aliphatic carbocycles. The van der Waals surface area contributed by atoms with Crippen molar-refractivity contribution in [3.8, 4) is 0 Å². The zero-order chi connectivity index (χ0) is 13.5. The first-order valence-corrected chi connectivity index (χ1v) is 6.71. The quantitative estimate of drug-likeness (QED) is 0.822. The van der Waals surface area contributed by atoms with Crippen molar-refractivity contribution in [2.45, 2.75) is 25.4 Å². The Morgan fingerprint density at radius 2 is 2.11 bits per heavy atom. The molecule has 1 aliphatic rings. The number of carbonyl (C=O) groups excluding carboxylic acids is 2. The van der Waals surface area contributed by atoms with Crippen LogP contribution in [0.1, 0.15) is 30.9 Å². The van der Waals surface area contributed by atoms with Gasteiger partial charge in [-0.25, -0.2) is 0 Å². The third-order valence-electron chi connectivity index (χ3n) is 3.50. The van der Waals surface area contributed by atoms with Gasteiger partial charge in [-0.2, -0.15) is 0 Å². The lowest BCUT2D eigenvalue weighted by atomic mass is 9.91. The summed E-state index contributed by atoms with van der Waals surface area (Å²) < 4.78 is 5.03. The summed E-state index contributed by atoms with van der Waals surface area (Å²) in [5.74, 6) is -0.0830. The first-order chi connectivity index (χ1) is 9.33. The molecule has 19 heavy (non-hydrogen) atoms. The Balaban J connectivity index is 2.13. The molecule has 0 amide bonds. The molecule has 0 saturated carbocycles. The second kappa shape index (κ2) is 7.04. The molecule has 1 N–H and O–H groups in total. The number of ketones is 1. The maximum atomic E-state index is 12.5. The molecule has 2 rings (SSSR count). The van der Waals surface area contributed by atoms with Crippen molar-refractivity contribution in [3.05, 3.63) is 35.9 Å². The fourth-order valence-electron chi connectivity index (χ4n) is 2.47. The fraction of sp³-hybridized carbons (Fsp3) is 0.467. The van der Waals surface area contributed by atoms with Crippen LogP contribution in [-0.4, -0.2) is 25.3 Å². The van der Waals surface area contributed by atoms with Gasteiger partial charge in [0, 0.05) is 12.5 Å². The highest BCUT2D eigenvalue weighted by molar-refractivity contribution is 5.87. The van der Waals surface area contributed by atoms with E-state index in [0.29, 0.717) is 13.0 Å². The van der Waals surface area contributed by atoms with Crippen molar-refractivity contribution < 1.29 is 14.3 Å². The van der Waals surface area contributed by atoms with Crippen LogP contribution in [0.4, 0.5) is 0 Å². The summed E-state index contributed by atoms with van der Waals surface area (Å²) in [6, 6.07) is 9.19. The zero-order valence-electron chi connectivity index (χ0n) is 10.9. The Bertz CT molecular complexity index is 411. The van der Waals surface area contributed by atoms with Gasteiger partial charge in [-0.3, -0.25) is 9.59 Å². The van der Waals surface area contributed by atoms with Crippen LogP contribution in [-0.2, 0) is 14.3 Å². The van der Waals surface area contributed by atoms with E-state index in [1.54, 1.807) is 0 Å². The second-order valence-corrected chi connectivity index (χ2v) is 4.82. The van der Waals surface area contributed by atoms with Crippen LogP contribution in [0.2, 0.25) is 0 Å². The lowest BCUT2D eigenvalue weighted by Gasteiger charge is -2.20. The second-order valence-electron chi connectivity index (χ2n) is 4.82. The van der Waals surface area contributed by atoms with Crippen LogP contribution in [0, 0.1) is 5.92 Å². The van der Waals surface area contributed by atoms with Gasteiger partial charge in [-0.1, -0.05) is 36.8 Å². The molecular weight excluding hydrogens is 242 g/mol. The van der Waals surface area contributed by atoms with Gasteiger partial charge >= 0.3 is 0 Å². The molecule has 1 aromatic rings. The van der Waals surface area contributed by atoms with E-state index in [4.69, 9.17) is 4.74 Å². The Morgan fingerprint density at radius 3 is 2.84 bits per heavy atom. The van der Waals surface area contributed by atoms with Gasteiger partial charge in [0.1, 0.15) is 0 Å². The highest BCUT2D eigenvalue weighted by Gasteiger charge is 2.29. The van der Waals surface area contributed by atoms with Crippen molar-refractivity contribution in [1.29, 1.82) is 0 Å². The molecule has 1 aliphatic heterocycles. The topological polar surface area (TPSA) is 55.4 Å². The maximum Gasteiger partial charge on any atom is 0.294 e. The summed E-state index contributed by atoms with van der Waals surface area (Å²) >= 11 is 0.